The van der Waals surface area contributed by atoms with Crippen molar-refractivity contribution in [1.82, 2.24) is 5.32 Å². The molecule has 32 heavy (non-hydrogen) atoms. The molecule has 0 aliphatic heterocycles. The molecule has 0 unspecified atom stereocenters. The summed E-state index contributed by atoms with van der Waals surface area (Å²) in [6, 6.07) is 18.6. The van der Waals surface area contributed by atoms with Gasteiger partial charge in [0.2, 0.25) is 0 Å². The largest absolute Gasteiger partial charge is 0.351 e. The van der Waals surface area contributed by atoms with Gasteiger partial charge in [-0.1, -0.05) is 53.0 Å². The lowest BCUT2D eigenvalue weighted by Crippen LogP contribution is -2.26. The molecule has 5 nitrogen and oxygen atoms in total. The van der Waals surface area contributed by atoms with Crippen LogP contribution in [-0.2, 0) is 15.8 Å². The molecule has 1 amide bonds. The molecule has 0 fully saturated rings. The van der Waals surface area contributed by atoms with Crippen LogP contribution in [0.4, 0.5) is 5.69 Å². The van der Waals surface area contributed by atoms with Crippen LogP contribution in [0.5, 0.6) is 0 Å². The third-order valence-electron chi connectivity index (χ3n) is 4.51. The van der Waals surface area contributed by atoms with E-state index in [9.17, 15) is 13.2 Å². The average Bonchev–Trinajstić information content (AvgIpc) is 2.75. The highest BCUT2D eigenvalue weighted by Gasteiger charge is 2.16. The highest BCUT2D eigenvalue weighted by molar-refractivity contribution is 7.98. The monoisotopic (exact) mass is 508 g/mol. The summed E-state index contributed by atoms with van der Waals surface area (Å²) < 4.78 is 27.5. The van der Waals surface area contributed by atoms with E-state index in [4.69, 9.17) is 23.2 Å². The predicted molar refractivity (Wildman–Crippen MR) is 133 cm³/mol. The SMILES string of the molecule is Cc1ccc(S(=O)(=O)Nc2ccc(C(=O)NCCSCc3ccc(Cl)cc3)c(Cl)c2)cc1. The van der Waals surface area contributed by atoms with Gasteiger partial charge in [-0.2, -0.15) is 11.8 Å². The van der Waals surface area contributed by atoms with Crippen LogP contribution in [0.1, 0.15) is 21.5 Å². The zero-order valence-electron chi connectivity index (χ0n) is 17.3. The molecule has 0 radical (unpaired) electrons. The number of thioether (sulfide) groups is 1. The van der Waals surface area contributed by atoms with Gasteiger partial charge in [0.25, 0.3) is 15.9 Å². The lowest BCUT2D eigenvalue weighted by Gasteiger charge is -2.11. The molecule has 0 spiro atoms. The Bertz CT molecular complexity index is 1180. The van der Waals surface area contributed by atoms with Crippen LogP contribution in [0, 0.1) is 6.92 Å². The van der Waals surface area contributed by atoms with Gasteiger partial charge in [-0.3, -0.25) is 9.52 Å². The molecule has 168 valence electrons. The molecule has 3 rings (SSSR count). The van der Waals surface area contributed by atoms with E-state index in [1.807, 2.05) is 31.2 Å². The zero-order chi connectivity index (χ0) is 23.1. The third-order valence-corrected chi connectivity index (χ3v) is 7.50. The number of hydrogen-bond donors (Lipinski definition) is 2. The lowest BCUT2D eigenvalue weighted by molar-refractivity contribution is 0.0956. The molecule has 0 heterocycles. The second-order valence-electron chi connectivity index (χ2n) is 7.05. The van der Waals surface area contributed by atoms with Crippen molar-refractivity contribution in [2.24, 2.45) is 0 Å². The quantitative estimate of drug-likeness (QED) is 0.360. The van der Waals surface area contributed by atoms with Crippen molar-refractivity contribution in [3.63, 3.8) is 0 Å². The summed E-state index contributed by atoms with van der Waals surface area (Å²) in [4.78, 5) is 12.6. The van der Waals surface area contributed by atoms with E-state index in [2.05, 4.69) is 10.0 Å². The van der Waals surface area contributed by atoms with Gasteiger partial charge in [0.1, 0.15) is 0 Å². The summed E-state index contributed by atoms with van der Waals surface area (Å²) in [5, 5.41) is 3.70. The molecule has 2 N–H and O–H groups in total. The number of rotatable bonds is 9. The predicted octanol–water partition coefficient (Wildman–Crippen LogP) is 5.77. The number of anilines is 1. The topological polar surface area (TPSA) is 75.3 Å². The molecule has 0 atom stereocenters. The van der Waals surface area contributed by atoms with Gasteiger partial charge in [-0.05, 0) is 55.0 Å². The van der Waals surface area contributed by atoms with E-state index in [1.54, 1.807) is 23.9 Å². The minimum Gasteiger partial charge on any atom is -0.351 e. The van der Waals surface area contributed by atoms with Gasteiger partial charge < -0.3 is 5.32 Å². The maximum atomic E-state index is 12.5. The van der Waals surface area contributed by atoms with Gasteiger partial charge in [-0.15, -0.1) is 0 Å². The maximum Gasteiger partial charge on any atom is 0.261 e. The fraction of sp³-hybridized carbons (Fsp3) is 0.174. The van der Waals surface area contributed by atoms with Gasteiger partial charge in [0, 0.05) is 23.1 Å². The lowest BCUT2D eigenvalue weighted by atomic mass is 10.2. The Labute approximate surface area is 202 Å². The fourth-order valence-electron chi connectivity index (χ4n) is 2.80. The summed E-state index contributed by atoms with van der Waals surface area (Å²) in [6.07, 6.45) is 0. The molecular weight excluding hydrogens is 487 g/mol. The first-order valence-corrected chi connectivity index (χ1v) is 13.1. The van der Waals surface area contributed by atoms with Crippen LogP contribution < -0.4 is 10.0 Å². The van der Waals surface area contributed by atoms with Gasteiger partial charge >= 0.3 is 0 Å². The summed E-state index contributed by atoms with van der Waals surface area (Å²) in [6.45, 7) is 2.36. The van der Waals surface area contributed by atoms with Crippen LogP contribution in [0.2, 0.25) is 10.0 Å². The van der Waals surface area contributed by atoms with E-state index in [0.29, 0.717) is 11.6 Å². The summed E-state index contributed by atoms with van der Waals surface area (Å²) >= 11 is 13.8. The number of carbonyl (C=O) groups excluding carboxylic acids is 1. The Balaban J connectivity index is 1.52. The number of hydrogen-bond acceptors (Lipinski definition) is 4. The van der Waals surface area contributed by atoms with Crippen LogP contribution >= 0.6 is 35.0 Å². The van der Waals surface area contributed by atoms with E-state index in [0.717, 1.165) is 22.6 Å². The van der Waals surface area contributed by atoms with Crippen molar-refractivity contribution < 1.29 is 13.2 Å². The number of carbonyl (C=O) groups is 1. The molecule has 0 saturated carbocycles. The first-order chi connectivity index (χ1) is 15.2. The zero-order valence-corrected chi connectivity index (χ0v) is 20.4. The smallest absolute Gasteiger partial charge is 0.261 e. The normalized spacial score (nSPS) is 11.2. The number of sulfonamides is 1. The second kappa shape index (κ2) is 11.1. The van der Waals surface area contributed by atoms with Gasteiger partial charge in [0.15, 0.2) is 0 Å². The molecule has 0 saturated heterocycles. The van der Waals surface area contributed by atoms with Crippen molar-refractivity contribution >= 4 is 56.6 Å². The first-order valence-electron chi connectivity index (χ1n) is 9.74. The number of nitrogens with one attached hydrogen (secondary N) is 2. The van der Waals surface area contributed by atoms with Gasteiger partial charge in [-0.25, -0.2) is 8.42 Å². The van der Waals surface area contributed by atoms with Gasteiger partial charge in [0.05, 0.1) is 21.2 Å². The summed E-state index contributed by atoms with van der Waals surface area (Å²) in [5.74, 6) is 1.25. The van der Waals surface area contributed by atoms with E-state index < -0.39 is 10.0 Å². The number of amides is 1. The van der Waals surface area contributed by atoms with Crippen LogP contribution in [0.3, 0.4) is 0 Å². The molecule has 0 aromatic heterocycles. The molecule has 3 aromatic carbocycles. The summed E-state index contributed by atoms with van der Waals surface area (Å²) in [5.41, 5.74) is 2.70. The van der Waals surface area contributed by atoms with Crippen molar-refractivity contribution in [2.75, 3.05) is 17.0 Å². The Morgan fingerprint density at radius 1 is 0.969 bits per heavy atom. The Morgan fingerprint density at radius 2 is 1.66 bits per heavy atom. The van der Waals surface area contributed by atoms with Crippen molar-refractivity contribution in [3.05, 3.63) is 93.5 Å². The standard InChI is InChI=1S/C23H22Cl2N2O3S2/c1-16-2-9-20(10-3-16)32(29,30)27-19-8-11-21(22(25)14-19)23(28)26-12-13-31-15-17-4-6-18(24)7-5-17/h2-11,14,27H,12-13,15H2,1H3,(H,26,28). The maximum absolute atomic E-state index is 12.5. The van der Waals surface area contributed by atoms with E-state index in [1.165, 1.54) is 30.3 Å². The van der Waals surface area contributed by atoms with E-state index >= 15 is 0 Å². The first kappa shape index (κ1) is 24.5. The Hall–Kier alpha value is -2.19. The Kier molecular flexibility index (Phi) is 8.48. The van der Waals surface area contributed by atoms with Crippen LogP contribution in [0.15, 0.2) is 71.6 Å². The van der Waals surface area contributed by atoms with Crippen molar-refractivity contribution in [1.29, 1.82) is 0 Å². The number of aryl methyl sites for hydroxylation is 1. The molecule has 3 aromatic rings. The minimum atomic E-state index is -3.75. The second-order valence-corrected chi connectivity index (χ2v) is 10.7. The van der Waals surface area contributed by atoms with Crippen molar-refractivity contribution in [3.8, 4) is 0 Å². The molecule has 0 bridgehead atoms. The minimum absolute atomic E-state index is 0.150. The average molecular weight is 509 g/mol. The third kappa shape index (κ3) is 6.90. The van der Waals surface area contributed by atoms with Crippen LogP contribution in [-0.4, -0.2) is 26.6 Å². The molecule has 0 aliphatic carbocycles. The highest BCUT2D eigenvalue weighted by Crippen LogP contribution is 2.24. The molecule has 0 aliphatic rings. The molecular formula is C23H22Cl2N2O3S2. The number of benzene rings is 3. The van der Waals surface area contributed by atoms with Crippen LogP contribution in [0.25, 0.3) is 0 Å². The summed E-state index contributed by atoms with van der Waals surface area (Å²) in [7, 11) is -3.75. The molecule has 9 heteroatoms. The highest BCUT2D eigenvalue weighted by atomic mass is 35.5. The Morgan fingerprint density at radius 3 is 2.31 bits per heavy atom. The van der Waals surface area contributed by atoms with E-state index in [-0.39, 0.29) is 27.1 Å². The van der Waals surface area contributed by atoms with Crippen molar-refractivity contribution in [2.45, 2.75) is 17.6 Å². The number of halogens is 2. The fourth-order valence-corrected chi connectivity index (χ4v) is 5.06.